The first-order valence-corrected chi connectivity index (χ1v) is 3.85. The molecule has 1 rings (SSSR count). The molecule has 0 spiro atoms. The number of rotatable bonds is 1. The summed E-state index contributed by atoms with van der Waals surface area (Å²) in [6.45, 7) is 1.48. The fourth-order valence-electron chi connectivity index (χ4n) is 1.01. The predicted molar refractivity (Wildman–Crippen MR) is 47.1 cm³/mol. The normalized spacial score (nSPS) is 9.71. The number of carbonyl (C=O) groups excluding carboxylic acids is 1. The van der Waals surface area contributed by atoms with Crippen LogP contribution in [0.4, 0.5) is 19.3 Å². The van der Waals surface area contributed by atoms with Crippen molar-refractivity contribution in [3.05, 3.63) is 29.3 Å². The average molecular weight is 201 g/mol. The van der Waals surface area contributed by atoms with Crippen LogP contribution in [-0.2, 0) is 4.74 Å². The summed E-state index contributed by atoms with van der Waals surface area (Å²) in [6.07, 6.45) is -0.793. The van der Waals surface area contributed by atoms with Gasteiger partial charge in [0.1, 0.15) is 11.6 Å². The van der Waals surface area contributed by atoms with Gasteiger partial charge >= 0.3 is 6.09 Å². The fourth-order valence-corrected chi connectivity index (χ4v) is 1.01. The molecule has 76 valence electrons. The monoisotopic (exact) mass is 201 g/mol. The molecule has 0 heterocycles. The molecule has 1 N–H and O–H groups in total. The van der Waals surface area contributed by atoms with E-state index in [9.17, 15) is 13.6 Å². The fraction of sp³-hybridized carbons (Fsp3) is 0.222. The van der Waals surface area contributed by atoms with Crippen molar-refractivity contribution < 1.29 is 18.3 Å². The quantitative estimate of drug-likeness (QED) is 0.757. The van der Waals surface area contributed by atoms with Crippen molar-refractivity contribution in [2.75, 3.05) is 12.4 Å². The average Bonchev–Trinajstić information content (AvgIpc) is 2.10. The van der Waals surface area contributed by atoms with E-state index in [1.54, 1.807) is 0 Å². The van der Waals surface area contributed by atoms with Crippen LogP contribution in [0.3, 0.4) is 0 Å². The lowest BCUT2D eigenvalue weighted by Gasteiger charge is -2.08. The van der Waals surface area contributed by atoms with Gasteiger partial charge in [0.2, 0.25) is 0 Å². The zero-order valence-electron chi connectivity index (χ0n) is 7.73. The summed E-state index contributed by atoms with van der Waals surface area (Å²) < 4.78 is 30.0. The molecule has 0 aromatic heterocycles. The van der Waals surface area contributed by atoms with Gasteiger partial charge < -0.3 is 4.74 Å². The molecular weight excluding hydrogens is 192 g/mol. The zero-order chi connectivity index (χ0) is 10.7. The Kier molecular flexibility index (Phi) is 3.01. The van der Waals surface area contributed by atoms with Crippen LogP contribution >= 0.6 is 0 Å². The number of anilines is 1. The van der Waals surface area contributed by atoms with Gasteiger partial charge in [0.25, 0.3) is 0 Å². The van der Waals surface area contributed by atoms with Gasteiger partial charge in [0.15, 0.2) is 0 Å². The summed E-state index contributed by atoms with van der Waals surface area (Å²) >= 11 is 0. The standard InChI is InChI=1S/C9H9F2NO2/c1-5-3-6(10)4-7(11)8(5)12-9(13)14-2/h3-4H,1-2H3,(H,12,13). The molecule has 0 radical (unpaired) electrons. The highest BCUT2D eigenvalue weighted by Gasteiger charge is 2.11. The van der Waals surface area contributed by atoms with Crippen LogP contribution in [0.15, 0.2) is 12.1 Å². The Labute approximate surface area is 79.7 Å². The van der Waals surface area contributed by atoms with Gasteiger partial charge in [-0.1, -0.05) is 0 Å². The Morgan fingerprint density at radius 2 is 2.07 bits per heavy atom. The van der Waals surface area contributed by atoms with E-state index in [1.165, 1.54) is 6.92 Å². The third-order valence-corrected chi connectivity index (χ3v) is 1.66. The van der Waals surface area contributed by atoms with Crippen molar-refractivity contribution >= 4 is 11.8 Å². The minimum atomic E-state index is -0.826. The Morgan fingerprint density at radius 1 is 1.43 bits per heavy atom. The second-order valence-electron chi connectivity index (χ2n) is 2.70. The highest BCUT2D eigenvalue weighted by Crippen LogP contribution is 2.20. The number of methoxy groups -OCH3 is 1. The highest BCUT2D eigenvalue weighted by molar-refractivity contribution is 5.85. The van der Waals surface area contributed by atoms with Crippen molar-refractivity contribution in [1.29, 1.82) is 0 Å². The van der Waals surface area contributed by atoms with Gasteiger partial charge in [-0.15, -0.1) is 0 Å². The molecule has 0 aliphatic carbocycles. The number of benzene rings is 1. The van der Waals surface area contributed by atoms with Crippen LogP contribution in [0, 0.1) is 18.6 Å². The summed E-state index contributed by atoms with van der Waals surface area (Å²) in [5.74, 6) is -1.51. The first kappa shape index (κ1) is 10.4. The van der Waals surface area contributed by atoms with E-state index in [0.29, 0.717) is 11.6 Å². The van der Waals surface area contributed by atoms with Gasteiger partial charge in [-0.3, -0.25) is 5.32 Å². The molecule has 0 saturated carbocycles. The number of ether oxygens (including phenoxy) is 1. The number of hydrogen-bond donors (Lipinski definition) is 1. The smallest absolute Gasteiger partial charge is 0.411 e. The van der Waals surface area contributed by atoms with E-state index in [1.807, 2.05) is 0 Å². The van der Waals surface area contributed by atoms with E-state index in [2.05, 4.69) is 10.1 Å². The maximum Gasteiger partial charge on any atom is 0.411 e. The highest BCUT2D eigenvalue weighted by atomic mass is 19.1. The molecule has 0 fully saturated rings. The number of hydrogen-bond acceptors (Lipinski definition) is 2. The lowest BCUT2D eigenvalue weighted by Crippen LogP contribution is -2.13. The van der Waals surface area contributed by atoms with Gasteiger partial charge in [-0.25, -0.2) is 13.6 Å². The molecule has 3 nitrogen and oxygen atoms in total. The molecule has 0 atom stereocenters. The van der Waals surface area contributed by atoms with Gasteiger partial charge in [0, 0.05) is 6.07 Å². The molecule has 1 aromatic rings. The van der Waals surface area contributed by atoms with Crippen LogP contribution < -0.4 is 5.32 Å². The first-order chi connectivity index (χ1) is 6.54. The maximum absolute atomic E-state index is 13.1. The summed E-state index contributed by atoms with van der Waals surface area (Å²) in [6, 6.07) is 1.81. The molecule has 0 aliphatic rings. The van der Waals surface area contributed by atoms with Crippen molar-refractivity contribution in [2.45, 2.75) is 6.92 Å². The number of carbonyl (C=O) groups is 1. The lowest BCUT2D eigenvalue weighted by atomic mass is 10.2. The van der Waals surface area contributed by atoms with Crippen LogP contribution in [0.1, 0.15) is 5.56 Å². The van der Waals surface area contributed by atoms with Crippen LogP contribution in [0.25, 0.3) is 0 Å². The van der Waals surface area contributed by atoms with Crippen LogP contribution in [-0.4, -0.2) is 13.2 Å². The Balaban J connectivity index is 3.02. The molecule has 14 heavy (non-hydrogen) atoms. The van der Waals surface area contributed by atoms with Crippen molar-refractivity contribution in [2.24, 2.45) is 0 Å². The number of halogens is 2. The zero-order valence-corrected chi connectivity index (χ0v) is 7.73. The van der Waals surface area contributed by atoms with Crippen molar-refractivity contribution in [1.82, 2.24) is 0 Å². The minimum Gasteiger partial charge on any atom is -0.453 e. The van der Waals surface area contributed by atoms with Gasteiger partial charge in [0.05, 0.1) is 12.8 Å². The summed E-state index contributed by atoms with van der Waals surface area (Å²) in [5.41, 5.74) is 0.228. The van der Waals surface area contributed by atoms with E-state index in [0.717, 1.165) is 13.2 Å². The number of aryl methyl sites for hydroxylation is 1. The molecule has 1 aromatic carbocycles. The number of nitrogens with one attached hydrogen (secondary N) is 1. The van der Waals surface area contributed by atoms with E-state index >= 15 is 0 Å². The Bertz CT molecular complexity index is 343. The lowest BCUT2D eigenvalue weighted by molar-refractivity contribution is 0.186. The Morgan fingerprint density at radius 3 is 2.57 bits per heavy atom. The second kappa shape index (κ2) is 4.04. The Hall–Kier alpha value is -1.65. The second-order valence-corrected chi connectivity index (χ2v) is 2.70. The maximum atomic E-state index is 13.1. The van der Waals surface area contributed by atoms with Crippen molar-refractivity contribution in [3.63, 3.8) is 0 Å². The predicted octanol–water partition coefficient (Wildman–Crippen LogP) is 2.45. The third-order valence-electron chi connectivity index (χ3n) is 1.66. The molecule has 0 aliphatic heterocycles. The molecular formula is C9H9F2NO2. The molecule has 0 saturated heterocycles. The summed E-state index contributed by atoms with van der Waals surface area (Å²) in [7, 11) is 1.16. The SMILES string of the molecule is COC(=O)Nc1c(C)cc(F)cc1F. The van der Waals surface area contributed by atoms with Crippen molar-refractivity contribution in [3.8, 4) is 0 Å². The van der Waals surface area contributed by atoms with Gasteiger partial charge in [-0.2, -0.15) is 0 Å². The summed E-state index contributed by atoms with van der Waals surface area (Å²) in [4.78, 5) is 10.8. The number of amides is 1. The summed E-state index contributed by atoms with van der Waals surface area (Å²) in [5, 5.41) is 2.15. The molecule has 0 unspecified atom stereocenters. The van der Waals surface area contributed by atoms with Crippen LogP contribution in [0.2, 0.25) is 0 Å². The van der Waals surface area contributed by atoms with E-state index in [4.69, 9.17) is 0 Å². The van der Waals surface area contributed by atoms with E-state index in [-0.39, 0.29) is 5.69 Å². The van der Waals surface area contributed by atoms with E-state index < -0.39 is 17.7 Å². The minimum absolute atomic E-state index is 0.0711. The molecule has 0 bridgehead atoms. The molecule has 1 amide bonds. The third kappa shape index (κ3) is 2.18. The molecule has 5 heteroatoms. The van der Waals surface area contributed by atoms with Crippen LogP contribution in [0.5, 0.6) is 0 Å². The first-order valence-electron chi connectivity index (χ1n) is 3.85. The topological polar surface area (TPSA) is 38.3 Å². The van der Waals surface area contributed by atoms with Gasteiger partial charge in [-0.05, 0) is 18.6 Å². The largest absolute Gasteiger partial charge is 0.453 e.